The number of benzene rings is 1. The first-order valence-corrected chi connectivity index (χ1v) is 6.33. The van der Waals surface area contributed by atoms with Crippen molar-refractivity contribution in [2.75, 3.05) is 13.6 Å². The van der Waals surface area contributed by atoms with E-state index in [2.05, 4.69) is 0 Å². The van der Waals surface area contributed by atoms with Gasteiger partial charge < -0.3 is 5.73 Å². The van der Waals surface area contributed by atoms with E-state index >= 15 is 0 Å². The van der Waals surface area contributed by atoms with Crippen LogP contribution in [0, 0.1) is 11.2 Å². The van der Waals surface area contributed by atoms with Crippen molar-refractivity contribution in [3.63, 3.8) is 0 Å². The summed E-state index contributed by atoms with van der Waals surface area (Å²) in [4.78, 5) is -0.108. The fraction of sp³-hybridized carbons (Fsp3) is 0.300. The number of nitrogens with two attached hydrogens (primary N) is 1. The van der Waals surface area contributed by atoms with Crippen LogP contribution in [0.2, 0.25) is 0 Å². The van der Waals surface area contributed by atoms with E-state index in [9.17, 15) is 12.8 Å². The molecular weight excluding hydrogens is 245 g/mol. The van der Waals surface area contributed by atoms with Gasteiger partial charge in [-0.15, -0.1) is 0 Å². The Bertz CT molecular complexity index is 516. The van der Waals surface area contributed by atoms with Crippen molar-refractivity contribution in [2.24, 2.45) is 5.73 Å². The molecule has 0 saturated carbocycles. The fourth-order valence-electron chi connectivity index (χ4n) is 1.21. The number of halogens is 1. The summed E-state index contributed by atoms with van der Waals surface area (Å²) in [6.45, 7) is 0.0914. The molecule has 5 nitrogen and oxygen atoms in total. The molecule has 0 aliphatic heterocycles. The third-order valence-electron chi connectivity index (χ3n) is 2.20. The van der Waals surface area contributed by atoms with Crippen LogP contribution in [0.1, 0.15) is 6.42 Å². The number of nitrogens with zero attached hydrogens (tertiary/aromatic N) is 1. The average Bonchev–Trinajstić information content (AvgIpc) is 2.25. The molecule has 0 spiro atoms. The quantitative estimate of drug-likeness (QED) is 0.605. The van der Waals surface area contributed by atoms with E-state index in [4.69, 9.17) is 11.1 Å². The van der Waals surface area contributed by atoms with Gasteiger partial charge in [-0.25, -0.2) is 17.1 Å². The Morgan fingerprint density at radius 3 is 2.71 bits per heavy atom. The Hall–Kier alpha value is -1.47. The van der Waals surface area contributed by atoms with Crippen LogP contribution in [0.3, 0.4) is 0 Å². The van der Waals surface area contributed by atoms with Crippen molar-refractivity contribution in [3.8, 4) is 0 Å². The van der Waals surface area contributed by atoms with Crippen molar-refractivity contribution in [1.29, 1.82) is 5.41 Å². The Balaban J connectivity index is 2.91. The molecule has 1 rings (SSSR count). The predicted octanol–water partition coefficient (Wildman–Crippen LogP) is 0.772. The van der Waals surface area contributed by atoms with Gasteiger partial charge >= 0.3 is 0 Å². The van der Waals surface area contributed by atoms with Crippen LogP contribution in [0.5, 0.6) is 0 Å². The molecule has 0 saturated heterocycles. The van der Waals surface area contributed by atoms with Crippen LogP contribution in [-0.4, -0.2) is 32.2 Å². The highest BCUT2D eigenvalue weighted by atomic mass is 32.2. The largest absolute Gasteiger partial charge is 0.388 e. The molecule has 0 bridgehead atoms. The van der Waals surface area contributed by atoms with Crippen LogP contribution in [0.15, 0.2) is 29.2 Å². The maximum atomic E-state index is 12.9. The molecule has 0 radical (unpaired) electrons. The van der Waals surface area contributed by atoms with Crippen molar-refractivity contribution in [3.05, 3.63) is 30.1 Å². The van der Waals surface area contributed by atoms with E-state index in [0.717, 1.165) is 10.4 Å². The van der Waals surface area contributed by atoms with Gasteiger partial charge in [0.05, 0.1) is 10.7 Å². The van der Waals surface area contributed by atoms with Gasteiger partial charge in [0.2, 0.25) is 10.0 Å². The van der Waals surface area contributed by atoms with Gasteiger partial charge in [0.15, 0.2) is 0 Å². The number of amidine groups is 1. The normalized spacial score (nSPS) is 11.7. The molecule has 0 amide bonds. The minimum atomic E-state index is -3.72. The molecule has 94 valence electrons. The summed E-state index contributed by atoms with van der Waals surface area (Å²) in [5, 5.41) is 7.03. The van der Waals surface area contributed by atoms with Gasteiger partial charge in [0.25, 0.3) is 0 Å². The van der Waals surface area contributed by atoms with Crippen molar-refractivity contribution >= 4 is 15.9 Å². The van der Waals surface area contributed by atoms with Crippen LogP contribution in [-0.2, 0) is 10.0 Å². The second-order valence-electron chi connectivity index (χ2n) is 3.56. The second kappa shape index (κ2) is 5.24. The summed E-state index contributed by atoms with van der Waals surface area (Å²) in [5.41, 5.74) is 5.15. The zero-order valence-electron chi connectivity index (χ0n) is 9.35. The third-order valence-corrected chi connectivity index (χ3v) is 4.05. The first kappa shape index (κ1) is 13.6. The zero-order valence-corrected chi connectivity index (χ0v) is 10.2. The molecule has 0 unspecified atom stereocenters. The van der Waals surface area contributed by atoms with Gasteiger partial charge in [0.1, 0.15) is 5.82 Å². The Morgan fingerprint density at radius 2 is 2.18 bits per heavy atom. The monoisotopic (exact) mass is 259 g/mol. The molecular formula is C10H14FN3O2S. The lowest BCUT2D eigenvalue weighted by Crippen LogP contribution is -2.30. The maximum Gasteiger partial charge on any atom is 0.242 e. The van der Waals surface area contributed by atoms with Crippen molar-refractivity contribution in [1.82, 2.24) is 4.31 Å². The van der Waals surface area contributed by atoms with E-state index in [1.165, 1.54) is 25.2 Å². The Labute approximate surface area is 99.6 Å². The van der Waals surface area contributed by atoms with Gasteiger partial charge in [-0.1, -0.05) is 6.07 Å². The van der Waals surface area contributed by atoms with E-state index in [0.29, 0.717) is 0 Å². The lowest BCUT2D eigenvalue weighted by Gasteiger charge is -2.16. The van der Waals surface area contributed by atoms with Crippen LogP contribution in [0.4, 0.5) is 4.39 Å². The molecule has 3 N–H and O–H groups in total. The highest BCUT2D eigenvalue weighted by Gasteiger charge is 2.20. The molecule has 0 aliphatic rings. The zero-order chi connectivity index (χ0) is 13.1. The van der Waals surface area contributed by atoms with Gasteiger partial charge in [-0.3, -0.25) is 5.41 Å². The number of nitrogens with one attached hydrogen (secondary N) is 1. The summed E-state index contributed by atoms with van der Waals surface area (Å²) < 4.78 is 37.9. The summed E-state index contributed by atoms with van der Waals surface area (Å²) in [5.74, 6) is -0.697. The SMILES string of the molecule is CN(CCC(=N)N)S(=O)(=O)c1cccc(F)c1. The Morgan fingerprint density at radius 1 is 1.53 bits per heavy atom. The first-order chi connectivity index (χ1) is 7.84. The second-order valence-corrected chi connectivity index (χ2v) is 5.60. The predicted molar refractivity (Wildman–Crippen MR) is 62.7 cm³/mol. The standard InChI is InChI=1S/C10H14FN3O2S/c1-14(6-5-10(12)13)17(15,16)9-4-2-3-8(11)7-9/h2-4,7H,5-6H2,1H3,(H3,12,13). The third kappa shape index (κ3) is 3.50. The maximum absolute atomic E-state index is 12.9. The van der Waals surface area contributed by atoms with E-state index in [-0.39, 0.29) is 23.7 Å². The number of rotatable bonds is 5. The average molecular weight is 259 g/mol. The number of sulfonamides is 1. The Kier molecular flexibility index (Phi) is 4.19. The number of hydrogen-bond acceptors (Lipinski definition) is 3. The molecule has 0 fully saturated rings. The van der Waals surface area contributed by atoms with E-state index in [1.807, 2.05) is 0 Å². The molecule has 17 heavy (non-hydrogen) atoms. The number of hydrogen-bond donors (Lipinski definition) is 2. The van der Waals surface area contributed by atoms with Crippen molar-refractivity contribution < 1.29 is 12.8 Å². The fourth-order valence-corrected chi connectivity index (χ4v) is 2.41. The summed E-state index contributed by atoms with van der Waals surface area (Å²) in [7, 11) is -2.35. The van der Waals surface area contributed by atoms with Gasteiger partial charge in [-0.2, -0.15) is 0 Å². The van der Waals surface area contributed by atoms with E-state index < -0.39 is 15.8 Å². The van der Waals surface area contributed by atoms with E-state index in [1.54, 1.807) is 0 Å². The highest BCUT2D eigenvalue weighted by molar-refractivity contribution is 7.89. The summed E-state index contributed by atoms with van der Waals surface area (Å²) in [6.07, 6.45) is 0.144. The van der Waals surface area contributed by atoms with Gasteiger partial charge in [0, 0.05) is 20.0 Å². The van der Waals surface area contributed by atoms with Crippen LogP contribution in [0.25, 0.3) is 0 Å². The molecule has 1 aromatic rings. The summed E-state index contributed by atoms with van der Waals surface area (Å²) >= 11 is 0. The smallest absolute Gasteiger partial charge is 0.242 e. The summed E-state index contributed by atoms with van der Waals surface area (Å²) in [6, 6.07) is 4.79. The minimum absolute atomic E-state index is 0.0914. The van der Waals surface area contributed by atoms with Crippen LogP contribution >= 0.6 is 0 Å². The molecule has 0 heterocycles. The minimum Gasteiger partial charge on any atom is -0.388 e. The molecule has 0 atom stereocenters. The topological polar surface area (TPSA) is 87.2 Å². The molecule has 1 aromatic carbocycles. The lowest BCUT2D eigenvalue weighted by molar-refractivity contribution is 0.477. The lowest BCUT2D eigenvalue weighted by atomic mass is 10.4. The molecule has 7 heteroatoms. The first-order valence-electron chi connectivity index (χ1n) is 4.89. The van der Waals surface area contributed by atoms with Gasteiger partial charge in [-0.05, 0) is 18.2 Å². The molecule has 0 aliphatic carbocycles. The van der Waals surface area contributed by atoms with Crippen LogP contribution < -0.4 is 5.73 Å². The highest BCUT2D eigenvalue weighted by Crippen LogP contribution is 2.15. The molecule has 0 aromatic heterocycles. The van der Waals surface area contributed by atoms with Crippen molar-refractivity contribution in [2.45, 2.75) is 11.3 Å².